The average molecular weight is 313 g/mol. The maximum atomic E-state index is 11.5. The molecular weight excluding hydrogens is 293 g/mol. The lowest BCUT2D eigenvalue weighted by atomic mass is 10.2. The third-order valence-electron chi connectivity index (χ3n) is 1.63. The van der Waals surface area contributed by atoms with Crippen LogP contribution in [0.4, 0.5) is 4.79 Å². The molecule has 0 unspecified atom stereocenters. The molecule has 84 valence electrons. The van der Waals surface area contributed by atoms with Crippen molar-refractivity contribution in [1.29, 1.82) is 0 Å². The van der Waals surface area contributed by atoms with Gasteiger partial charge in [-0.05, 0) is 12.3 Å². The van der Waals surface area contributed by atoms with Crippen molar-refractivity contribution in [1.82, 2.24) is 4.90 Å². The van der Waals surface area contributed by atoms with Crippen LogP contribution in [0.1, 0.15) is 27.2 Å². The van der Waals surface area contributed by atoms with Gasteiger partial charge in [-0.2, -0.15) is 0 Å². The van der Waals surface area contributed by atoms with Gasteiger partial charge in [0.15, 0.2) is 0 Å². The molecule has 0 radical (unpaired) electrons. The topological polar surface area (TPSA) is 29.5 Å². The molecule has 14 heavy (non-hydrogen) atoms. The van der Waals surface area contributed by atoms with Gasteiger partial charge in [-0.15, -0.1) is 0 Å². The van der Waals surface area contributed by atoms with Gasteiger partial charge in [-0.25, -0.2) is 4.79 Å². The van der Waals surface area contributed by atoms with Crippen LogP contribution in [0.25, 0.3) is 0 Å². The van der Waals surface area contributed by atoms with E-state index >= 15 is 0 Å². The van der Waals surface area contributed by atoms with Crippen LogP contribution in [0.15, 0.2) is 0 Å². The molecule has 0 atom stereocenters. The maximum absolute atomic E-state index is 11.5. The Morgan fingerprint density at radius 2 is 2.14 bits per heavy atom. The van der Waals surface area contributed by atoms with Crippen LogP contribution < -0.4 is 0 Å². The minimum absolute atomic E-state index is 0.169. The summed E-state index contributed by atoms with van der Waals surface area (Å²) in [6.07, 6.45) is 0.711. The van der Waals surface area contributed by atoms with Crippen molar-refractivity contribution in [2.45, 2.75) is 27.2 Å². The SMILES string of the molecule is CCCOC(=O)N(CCI)CC(C)C. The van der Waals surface area contributed by atoms with Crippen LogP contribution in [0.3, 0.4) is 0 Å². The summed E-state index contributed by atoms with van der Waals surface area (Å²) in [6.45, 7) is 8.29. The molecule has 0 saturated carbocycles. The molecule has 0 heterocycles. The molecule has 0 aliphatic rings. The number of alkyl halides is 1. The van der Waals surface area contributed by atoms with Crippen LogP contribution in [0, 0.1) is 5.92 Å². The van der Waals surface area contributed by atoms with Crippen molar-refractivity contribution < 1.29 is 9.53 Å². The first kappa shape index (κ1) is 14.0. The number of ether oxygens (including phenoxy) is 1. The molecule has 0 fully saturated rings. The first-order valence-electron chi connectivity index (χ1n) is 5.09. The van der Waals surface area contributed by atoms with Gasteiger partial charge in [0.25, 0.3) is 0 Å². The molecule has 0 aromatic heterocycles. The summed E-state index contributed by atoms with van der Waals surface area (Å²) in [5.41, 5.74) is 0. The molecule has 0 aromatic rings. The molecule has 3 nitrogen and oxygen atoms in total. The Kier molecular flexibility index (Phi) is 8.32. The third kappa shape index (κ3) is 6.45. The molecule has 0 N–H and O–H groups in total. The van der Waals surface area contributed by atoms with E-state index in [2.05, 4.69) is 36.4 Å². The number of halogens is 1. The van der Waals surface area contributed by atoms with E-state index in [0.717, 1.165) is 23.9 Å². The van der Waals surface area contributed by atoms with Crippen LogP contribution in [0.5, 0.6) is 0 Å². The predicted octanol–water partition coefficient (Wildman–Crippen LogP) is 2.93. The van der Waals surface area contributed by atoms with E-state index in [1.165, 1.54) is 0 Å². The average Bonchev–Trinajstić information content (AvgIpc) is 2.13. The van der Waals surface area contributed by atoms with E-state index in [-0.39, 0.29) is 6.09 Å². The van der Waals surface area contributed by atoms with Crippen molar-refractivity contribution in [3.8, 4) is 0 Å². The van der Waals surface area contributed by atoms with Gasteiger partial charge in [-0.3, -0.25) is 0 Å². The van der Waals surface area contributed by atoms with Gasteiger partial charge in [0.05, 0.1) is 6.61 Å². The first-order valence-corrected chi connectivity index (χ1v) is 6.62. The molecule has 0 aromatic carbocycles. The van der Waals surface area contributed by atoms with Crippen molar-refractivity contribution in [3.05, 3.63) is 0 Å². The Morgan fingerprint density at radius 3 is 2.57 bits per heavy atom. The number of carbonyl (C=O) groups is 1. The number of rotatable bonds is 6. The van der Waals surface area contributed by atoms with Crippen molar-refractivity contribution >= 4 is 28.7 Å². The molecule has 0 bridgehead atoms. The third-order valence-corrected chi connectivity index (χ3v) is 2.11. The summed E-state index contributed by atoms with van der Waals surface area (Å²) in [5.74, 6) is 0.493. The van der Waals surface area contributed by atoms with Crippen LogP contribution >= 0.6 is 22.6 Å². The largest absolute Gasteiger partial charge is 0.449 e. The molecule has 1 amide bonds. The zero-order valence-corrected chi connectivity index (χ0v) is 11.4. The van der Waals surface area contributed by atoms with Gasteiger partial charge >= 0.3 is 6.09 Å². The van der Waals surface area contributed by atoms with Crippen LogP contribution in [-0.2, 0) is 4.74 Å². The van der Waals surface area contributed by atoms with E-state index < -0.39 is 0 Å². The zero-order valence-electron chi connectivity index (χ0n) is 9.25. The number of carbonyl (C=O) groups excluding carboxylic acids is 1. The standard InChI is InChI=1S/C10H20INO2/c1-4-7-14-10(13)12(6-5-11)8-9(2)3/h9H,4-8H2,1-3H3. The molecular formula is C10H20INO2. The highest BCUT2D eigenvalue weighted by molar-refractivity contribution is 14.1. The fourth-order valence-corrected chi connectivity index (χ4v) is 1.66. The Balaban J connectivity index is 3.97. The highest BCUT2D eigenvalue weighted by Gasteiger charge is 2.14. The highest BCUT2D eigenvalue weighted by Crippen LogP contribution is 2.02. The summed E-state index contributed by atoms with van der Waals surface area (Å²) in [4.78, 5) is 13.3. The molecule has 0 saturated heterocycles. The van der Waals surface area contributed by atoms with Crippen molar-refractivity contribution in [2.24, 2.45) is 5.92 Å². The fraction of sp³-hybridized carbons (Fsp3) is 0.900. The van der Waals surface area contributed by atoms with Gasteiger partial charge in [-0.1, -0.05) is 43.4 Å². The second-order valence-corrected chi connectivity index (χ2v) is 4.72. The summed E-state index contributed by atoms with van der Waals surface area (Å²) >= 11 is 2.27. The van der Waals surface area contributed by atoms with Crippen LogP contribution in [0.2, 0.25) is 0 Å². The Hall–Kier alpha value is 0. The lowest BCUT2D eigenvalue weighted by Crippen LogP contribution is -2.36. The summed E-state index contributed by atoms with van der Waals surface area (Å²) < 4.78 is 6.04. The lowest BCUT2D eigenvalue weighted by Gasteiger charge is -2.22. The van der Waals surface area contributed by atoms with Gasteiger partial charge < -0.3 is 9.64 Å². The molecule has 0 aliphatic carbocycles. The zero-order chi connectivity index (χ0) is 11.0. The van der Waals surface area contributed by atoms with E-state index in [4.69, 9.17) is 4.74 Å². The molecule has 0 spiro atoms. The van der Waals surface area contributed by atoms with Crippen LogP contribution in [-0.4, -0.2) is 35.1 Å². The van der Waals surface area contributed by atoms with E-state index in [9.17, 15) is 4.79 Å². The number of amides is 1. The Bertz CT molecular complexity index is 162. The molecule has 0 aliphatic heterocycles. The molecule has 0 rings (SSSR count). The van der Waals surface area contributed by atoms with Crippen molar-refractivity contribution in [2.75, 3.05) is 24.1 Å². The fourth-order valence-electron chi connectivity index (χ4n) is 1.08. The quantitative estimate of drug-likeness (QED) is 0.557. The second kappa shape index (κ2) is 8.32. The predicted molar refractivity (Wildman–Crippen MR) is 66.9 cm³/mol. The number of hydrogen-bond acceptors (Lipinski definition) is 2. The van der Waals surface area contributed by atoms with E-state index in [1.807, 2.05) is 6.92 Å². The highest BCUT2D eigenvalue weighted by atomic mass is 127. The Morgan fingerprint density at radius 1 is 1.50 bits per heavy atom. The monoisotopic (exact) mass is 313 g/mol. The summed E-state index contributed by atoms with van der Waals surface area (Å²) in [6, 6.07) is 0. The summed E-state index contributed by atoms with van der Waals surface area (Å²) in [5, 5.41) is 0. The Labute approximate surface area is 100 Å². The lowest BCUT2D eigenvalue weighted by molar-refractivity contribution is 0.101. The number of hydrogen-bond donors (Lipinski definition) is 0. The molecule has 4 heteroatoms. The second-order valence-electron chi connectivity index (χ2n) is 3.64. The smallest absolute Gasteiger partial charge is 0.409 e. The first-order chi connectivity index (χ1) is 6.61. The van der Waals surface area contributed by atoms with Gasteiger partial charge in [0.2, 0.25) is 0 Å². The van der Waals surface area contributed by atoms with E-state index in [0.29, 0.717) is 12.5 Å². The minimum atomic E-state index is -0.169. The minimum Gasteiger partial charge on any atom is -0.449 e. The maximum Gasteiger partial charge on any atom is 0.409 e. The summed E-state index contributed by atoms with van der Waals surface area (Å²) in [7, 11) is 0. The normalized spacial score (nSPS) is 10.4. The van der Waals surface area contributed by atoms with E-state index in [1.54, 1.807) is 4.90 Å². The number of nitrogens with zero attached hydrogens (tertiary/aromatic N) is 1. The van der Waals surface area contributed by atoms with Gasteiger partial charge in [0.1, 0.15) is 0 Å². The van der Waals surface area contributed by atoms with Gasteiger partial charge in [0, 0.05) is 17.5 Å². The van der Waals surface area contributed by atoms with Crippen molar-refractivity contribution in [3.63, 3.8) is 0 Å².